The van der Waals surface area contributed by atoms with Crippen molar-refractivity contribution in [3.05, 3.63) is 29.5 Å². The first-order chi connectivity index (χ1) is 16.1. The third-order valence-corrected chi connectivity index (χ3v) is 5.18. The Labute approximate surface area is 194 Å². The predicted octanol–water partition coefficient (Wildman–Crippen LogP) is 3.23. The summed E-state index contributed by atoms with van der Waals surface area (Å²) in [6.45, 7) is 6.41. The zero-order chi connectivity index (χ0) is 24.9. The van der Waals surface area contributed by atoms with E-state index < -0.39 is 17.7 Å². The number of piperidine rings is 1. The Bertz CT molecular complexity index is 1050. The van der Waals surface area contributed by atoms with Crippen molar-refractivity contribution in [2.45, 2.75) is 45.8 Å². The molecule has 0 saturated carbocycles. The summed E-state index contributed by atoms with van der Waals surface area (Å²) in [6.07, 6.45) is -2.88. The van der Waals surface area contributed by atoms with Crippen LogP contribution in [0.15, 0.2) is 18.2 Å². The number of hydrogen-bond donors (Lipinski definition) is 1. The summed E-state index contributed by atoms with van der Waals surface area (Å²) in [5.74, 6) is -1.06. The molecule has 1 aliphatic heterocycles. The number of likely N-dealkylation sites (tertiary alicyclic amines) is 1. The fourth-order valence-electron chi connectivity index (χ4n) is 3.74. The van der Waals surface area contributed by atoms with Crippen LogP contribution in [0, 0.1) is 6.92 Å². The highest BCUT2D eigenvalue weighted by Gasteiger charge is 2.32. The average molecular weight is 481 g/mol. The standard InChI is InChI=1S/C22H26F3N5O4/c1-4-33-19(32)12-30-9-5-6-16(11-30)27-21-26-13(2)20(28-29-21)17-8-7-15(22(23,24)25)10-18(17)34-14(3)31/h7-8,10,16H,4-6,9,11-12H2,1-3H3,(H,26,27,29)/t16-/m1/s1. The fourth-order valence-corrected chi connectivity index (χ4v) is 3.74. The topological polar surface area (TPSA) is 107 Å². The van der Waals surface area contributed by atoms with Crippen LogP contribution in [-0.2, 0) is 20.5 Å². The van der Waals surface area contributed by atoms with Gasteiger partial charge in [0.05, 0.1) is 24.4 Å². The van der Waals surface area contributed by atoms with Crippen molar-refractivity contribution < 1.29 is 32.2 Å². The number of aromatic nitrogens is 3. The summed E-state index contributed by atoms with van der Waals surface area (Å²) in [4.78, 5) is 29.6. The second-order valence-corrected chi connectivity index (χ2v) is 7.90. The van der Waals surface area contributed by atoms with Crippen molar-refractivity contribution in [1.29, 1.82) is 0 Å². The lowest BCUT2D eigenvalue weighted by Gasteiger charge is -2.32. The van der Waals surface area contributed by atoms with Crippen molar-refractivity contribution in [3.8, 4) is 17.0 Å². The molecule has 0 amide bonds. The largest absolute Gasteiger partial charge is 0.465 e. The number of anilines is 1. The summed E-state index contributed by atoms with van der Waals surface area (Å²) < 4.78 is 49.3. The van der Waals surface area contributed by atoms with Crippen molar-refractivity contribution in [2.75, 3.05) is 31.6 Å². The van der Waals surface area contributed by atoms with Crippen LogP contribution in [0.1, 0.15) is 37.9 Å². The summed E-state index contributed by atoms with van der Waals surface area (Å²) in [6, 6.07) is 2.80. The molecular weight excluding hydrogens is 455 g/mol. The van der Waals surface area contributed by atoms with Crippen molar-refractivity contribution in [3.63, 3.8) is 0 Å². The molecule has 34 heavy (non-hydrogen) atoms. The number of nitrogens with one attached hydrogen (secondary N) is 1. The lowest BCUT2D eigenvalue weighted by atomic mass is 10.1. The molecular formula is C22H26F3N5O4. The van der Waals surface area contributed by atoms with Crippen LogP contribution < -0.4 is 10.1 Å². The number of alkyl halides is 3. The Hall–Kier alpha value is -3.28. The molecule has 9 nitrogen and oxygen atoms in total. The van der Waals surface area contributed by atoms with Crippen LogP contribution >= 0.6 is 0 Å². The maximum Gasteiger partial charge on any atom is 0.416 e. The molecule has 1 saturated heterocycles. The van der Waals surface area contributed by atoms with E-state index in [1.54, 1.807) is 13.8 Å². The zero-order valence-electron chi connectivity index (χ0n) is 19.1. The Balaban J connectivity index is 1.77. The van der Waals surface area contributed by atoms with E-state index in [1.165, 1.54) is 6.07 Å². The zero-order valence-corrected chi connectivity index (χ0v) is 19.1. The molecule has 2 aromatic rings. The fraction of sp³-hybridized carbons (Fsp3) is 0.500. The van der Waals surface area contributed by atoms with Gasteiger partial charge in [0.2, 0.25) is 5.95 Å². The second-order valence-electron chi connectivity index (χ2n) is 7.90. The smallest absolute Gasteiger partial charge is 0.416 e. The lowest BCUT2D eigenvalue weighted by molar-refractivity contribution is -0.144. The molecule has 0 aliphatic carbocycles. The van der Waals surface area contributed by atoms with Gasteiger partial charge in [-0.3, -0.25) is 14.5 Å². The van der Waals surface area contributed by atoms with Crippen LogP contribution in [0.4, 0.5) is 19.1 Å². The molecule has 2 heterocycles. The van der Waals surface area contributed by atoms with Gasteiger partial charge in [-0.15, -0.1) is 10.2 Å². The molecule has 1 N–H and O–H groups in total. The van der Waals surface area contributed by atoms with E-state index in [0.29, 0.717) is 18.8 Å². The van der Waals surface area contributed by atoms with Gasteiger partial charge in [-0.2, -0.15) is 13.2 Å². The monoisotopic (exact) mass is 481 g/mol. The highest BCUT2D eigenvalue weighted by atomic mass is 19.4. The van der Waals surface area contributed by atoms with Crippen LogP contribution in [0.25, 0.3) is 11.3 Å². The summed E-state index contributed by atoms with van der Waals surface area (Å²) in [5.41, 5.74) is -0.187. The number of nitrogens with zero attached hydrogens (tertiary/aromatic N) is 4. The van der Waals surface area contributed by atoms with Crippen LogP contribution in [-0.4, -0.2) is 64.3 Å². The van der Waals surface area contributed by atoms with E-state index in [9.17, 15) is 22.8 Å². The van der Waals surface area contributed by atoms with Gasteiger partial charge in [-0.25, -0.2) is 4.98 Å². The van der Waals surface area contributed by atoms with E-state index in [0.717, 1.165) is 38.4 Å². The minimum atomic E-state index is -4.60. The first kappa shape index (κ1) is 25.3. The van der Waals surface area contributed by atoms with Gasteiger partial charge in [-0.05, 0) is 51.4 Å². The highest BCUT2D eigenvalue weighted by molar-refractivity contribution is 5.76. The maximum absolute atomic E-state index is 13.1. The average Bonchev–Trinajstić information content (AvgIpc) is 2.73. The number of hydrogen-bond acceptors (Lipinski definition) is 9. The Kier molecular flexibility index (Phi) is 8.02. The van der Waals surface area contributed by atoms with Crippen LogP contribution in [0.2, 0.25) is 0 Å². The number of ether oxygens (including phenoxy) is 2. The molecule has 3 rings (SSSR count). The Morgan fingerprint density at radius 3 is 2.68 bits per heavy atom. The van der Waals surface area contributed by atoms with Gasteiger partial charge in [0.1, 0.15) is 11.4 Å². The molecule has 1 atom stereocenters. The molecule has 184 valence electrons. The predicted molar refractivity (Wildman–Crippen MR) is 116 cm³/mol. The summed E-state index contributed by atoms with van der Waals surface area (Å²) >= 11 is 0. The van der Waals surface area contributed by atoms with Crippen LogP contribution in [0.3, 0.4) is 0 Å². The van der Waals surface area contributed by atoms with Gasteiger partial charge in [0.15, 0.2) is 0 Å². The van der Waals surface area contributed by atoms with E-state index in [-0.39, 0.29) is 41.5 Å². The Morgan fingerprint density at radius 2 is 2.03 bits per heavy atom. The lowest BCUT2D eigenvalue weighted by Crippen LogP contribution is -2.44. The number of carbonyl (C=O) groups is 2. The molecule has 0 bridgehead atoms. The first-order valence-corrected chi connectivity index (χ1v) is 10.8. The van der Waals surface area contributed by atoms with Gasteiger partial charge in [0.25, 0.3) is 0 Å². The second kappa shape index (κ2) is 10.8. The number of carbonyl (C=O) groups excluding carboxylic acids is 2. The van der Waals surface area contributed by atoms with Crippen molar-refractivity contribution in [1.82, 2.24) is 20.1 Å². The molecule has 1 aromatic heterocycles. The Morgan fingerprint density at radius 1 is 1.26 bits per heavy atom. The van der Waals surface area contributed by atoms with Crippen molar-refractivity contribution >= 4 is 17.9 Å². The number of aryl methyl sites for hydroxylation is 1. The van der Waals surface area contributed by atoms with Crippen molar-refractivity contribution in [2.24, 2.45) is 0 Å². The first-order valence-electron chi connectivity index (χ1n) is 10.8. The van der Waals surface area contributed by atoms with E-state index >= 15 is 0 Å². The van der Waals surface area contributed by atoms with Gasteiger partial charge in [-0.1, -0.05) is 0 Å². The molecule has 1 aromatic carbocycles. The molecule has 1 fully saturated rings. The third-order valence-electron chi connectivity index (χ3n) is 5.18. The molecule has 0 spiro atoms. The van der Waals surface area contributed by atoms with E-state index in [4.69, 9.17) is 9.47 Å². The molecule has 0 radical (unpaired) electrons. The van der Waals surface area contributed by atoms with Gasteiger partial charge in [0, 0.05) is 25.1 Å². The third kappa shape index (κ3) is 6.62. The molecule has 12 heteroatoms. The number of rotatable bonds is 7. The quantitative estimate of drug-likeness (QED) is 0.471. The van der Waals surface area contributed by atoms with Gasteiger partial charge < -0.3 is 14.8 Å². The minimum Gasteiger partial charge on any atom is -0.465 e. The minimum absolute atomic E-state index is 0.0158. The summed E-state index contributed by atoms with van der Waals surface area (Å²) in [5, 5.41) is 11.4. The SMILES string of the molecule is CCOC(=O)CN1CCC[C@@H](Nc2nnc(-c3ccc(C(F)(F)F)cc3OC(C)=O)c(C)n2)C1. The van der Waals surface area contributed by atoms with Gasteiger partial charge >= 0.3 is 18.1 Å². The van der Waals surface area contributed by atoms with E-state index in [2.05, 4.69) is 20.5 Å². The van der Waals surface area contributed by atoms with E-state index in [1.807, 2.05) is 4.90 Å². The molecule has 1 aliphatic rings. The number of esters is 2. The number of benzene rings is 1. The highest BCUT2D eigenvalue weighted by Crippen LogP contribution is 2.37. The summed E-state index contributed by atoms with van der Waals surface area (Å²) in [7, 11) is 0. The molecule has 0 unspecified atom stereocenters. The number of halogens is 3. The normalized spacial score (nSPS) is 16.7. The maximum atomic E-state index is 13.1. The van der Waals surface area contributed by atoms with Crippen LogP contribution in [0.5, 0.6) is 5.75 Å².